The first-order valence-corrected chi connectivity index (χ1v) is 5.21. The second kappa shape index (κ2) is 4.42. The third kappa shape index (κ3) is 2.36. The number of benzene rings is 1. The maximum absolute atomic E-state index is 10.6. The lowest BCUT2D eigenvalue weighted by Gasteiger charge is -2.09. The van der Waals surface area contributed by atoms with Crippen LogP contribution in [-0.2, 0) is 11.8 Å². The molecular formula is C11H14N4O2. The Hall–Kier alpha value is -2.08. The van der Waals surface area contributed by atoms with Crippen molar-refractivity contribution in [2.45, 2.75) is 6.04 Å². The van der Waals surface area contributed by atoms with Crippen LogP contribution in [0.4, 0.5) is 5.69 Å². The van der Waals surface area contributed by atoms with Crippen LogP contribution in [0.1, 0.15) is 0 Å². The summed E-state index contributed by atoms with van der Waals surface area (Å²) in [5.74, 6) is -1.02. The highest BCUT2D eigenvalue weighted by atomic mass is 16.4. The van der Waals surface area contributed by atoms with E-state index in [1.165, 1.54) is 0 Å². The minimum Gasteiger partial charge on any atom is -0.480 e. The number of carboxylic acids is 1. The Kier molecular flexibility index (Phi) is 2.97. The average Bonchev–Trinajstić information content (AvgIpc) is 2.67. The van der Waals surface area contributed by atoms with Crippen molar-refractivity contribution in [2.24, 2.45) is 12.8 Å². The Morgan fingerprint density at radius 2 is 2.41 bits per heavy atom. The smallest absolute Gasteiger partial charge is 0.322 e. The van der Waals surface area contributed by atoms with E-state index in [-0.39, 0.29) is 6.54 Å². The zero-order valence-corrected chi connectivity index (χ0v) is 9.42. The van der Waals surface area contributed by atoms with Gasteiger partial charge < -0.3 is 20.7 Å². The summed E-state index contributed by atoms with van der Waals surface area (Å²) in [6, 6.07) is 4.76. The molecule has 1 aromatic heterocycles. The van der Waals surface area contributed by atoms with Crippen molar-refractivity contribution in [2.75, 3.05) is 11.9 Å². The number of nitrogens with two attached hydrogens (primary N) is 1. The molecule has 4 N–H and O–H groups in total. The van der Waals surface area contributed by atoms with Crippen molar-refractivity contribution >= 4 is 22.7 Å². The van der Waals surface area contributed by atoms with E-state index in [0.29, 0.717) is 0 Å². The topological polar surface area (TPSA) is 93.2 Å². The lowest BCUT2D eigenvalue weighted by Crippen LogP contribution is -2.36. The fourth-order valence-corrected chi connectivity index (χ4v) is 1.56. The molecular weight excluding hydrogens is 220 g/mol. The molecule has 1 atom stereocenters. The fourth-order valence-electron chi connectivity index (χ4n) is 1.56. The van der Waals surface area contributed by atoms with Gasteiger partial charge in [0.2, 0.25) is 0 Å². The predicted molar refractivity (Wildman–Crippen MR) is 64.8 cm³/mol. The number of hydrogen-bond acceptors (Lipinski definition) is 4. The molecule has 1 heterocycles. The molecule has 6 heteroatoms. The summed E-state index contributed by atoms with van der Waals surface area (Å²) in [6.07, 6.45) is 1.73. The van der Waals surface area contributed by atoms with Gasteiger partial charge in [0.25, 0.3) is 0 Å². The minimum absolute atomic E-state index is 0.188. The third-order valence-corrected chi connectivity index (χ3v) is 2.57. The number of nitrogens with zero attached hydrogens (tertiary/aromatic N) is 2. The van der Waals surface area contributed by atoms with E-state index in [9.17, 15) is 4.79 Å². The number of carbonyl (C=O) groups is 1. The third-order valence-electron chi connectivity index (χ3n) is 2.57. The summed E-state index contributed by atoms with van der Waals surface area (Å²) in [5.41, 5.74) is 8.10. The highest BCUT2D eigenvalue weighted by Crippen LogP contribution is 2.17. The van der Waals surface area contributed by atoms with Gasteiger partial charge in [0.05, 0.1) is 17.4 Å². The number of carboxylic acid groups (broad SMARTS) is 1. The number of hydrogen-bond donors (Lipinski definition) is 3. The van der Waals surface area contributed by atoms with Gasteiger partial charge in [0.15, 0.2) is 0 Å². The van der Waals surface area contributed by atoms with E-state index < -0.39 is 12.0 Å². The van der Waals surface area contributed by atoms with Gasteiger partial charge in [-0.1, -0.05) is 0 Å². The Bertz CT molecular complexity index is 549. The molecule has 0 saturated heterocycles. The molecule has 0 bridgehead atoms. The maximum atomic E-state index is 10.6. The van der Waals surface area contributed by atoms with Crippen molar-refractivity contribution in [1.29, 1.82) is 0 Å². The first kappa shape index (κ1) is 11.4. The summed E-state index contributed by atoms with van der Waals surface area (Å²) in [6.45, 7) is 0.188. The first-order chi connectivity index (χ1) is 8.08. The quantitative estimate of drug-likeness (QED) is 0.712. The Morgan fingerprint density at radius 3 is 3.12 bits per heavy atom. The number of nitrogens with one attached hydrogen (secondary N) is 1. The standard InChI is InChI=1S/C11H14N4O2/c1-15-6-14-9-4-7(2-3-10(9)15)13-5-8(12)11(16)17/h2-4,6,8,13H,5,12H2,1H3,(H,16,17). The van der Waals surface area contributed by atoms with Gasteiger partial charge in [-0.3, -0.25) is 4.79 Å². The number of fused-ring (bicyclic) bond motifs is 1. The van der Waals surface area contributed by atoms with E-state index in [1.54, 1.807) is 6.33 Å². The van der Waals surface area contributed by atoms with Crippen LogP contribution in [0.2, 0.25) is 0 Å². The molecule has 0 aliphatic carbocycles. The van der Waals surface area contributed by atoms with Gasteiger partial charge in [-0.05, 0) is 18.2 Å². The summed E-state index contributed by atoms with van der Waals surface area (Å²) < 4.78 is 1.92. The van der Waals surface area contributed by atoms with Crippen LogP contribution in [0.5, 0.6) is 0 Å². The molecule has 90 valence electrons. The highest BCUT2D eigenvalue weighted by molar-refractivity contribution is 5.80. The number of imidazole rings is 1. The summed E-state index contributed by atoms with van der Waals surface area (Å²) in [7, 11) is 1.92. The zero-order chi connectivity index (χ0) is 12.4. The molecule has 2 rings (SSSR count). The average molecular weight is 234 g/mol. The van der Waals surface area contributed by atoms with E-state index in [2.05, 4.69) is 10.3 Å². The van der Waals surface area contributed by atoms with Crippen LogP contribution in [0.15, 0.2) is 24.5 Å². The number of rotatable bonds is 4. The van der Waals surface area contributed by atoms with Crippen LogP contribution >= 0.6 is 0 Å². The lowest BCUT2D eigenvalue weighted by atomic mass is 10.2. The van der Waals surface area contributed by atoms with Gasteiger partial charge in [0, 0.05) is 19.3 Å². The molecule has 1 unspecified atom stereocenters. The molecule has 0 aliphatic heterocycles. The molecule has 0 spiro atoms. The van der Waals surface area contributed by atoms with Gasteiger partial charge in [0.1, 0.15) is 6.04 Å². The zero-order valence-electron chi connectivity index (χ0n) is 9.42. The highest BCUT2D eigenvalue weighted by Gasteiger charge is 2.10. The molecule has 1 aromatic carbocycles. The second-order valence-electron chi connectivity index (χ2n) is 3.88. The van der Waals surface area contributed by atoms with Crippen molar-refractivity contribution in [3.63, 3.8) is 0 Å². The molecule has 6 nitrogen and oxygen atoms in total. The molecule has 17 heavy (non-hydrogen) atoms. The van der Waals surface area contributed by atoms with Crippen LogP contribution < -0.4 is 11.1 Å². The lowest BCUT2D eigenvalue weighted by molar-refractivity contribution is -0.138. The summed E-state index contributed by atoms with van der Waals surface area (Å²) in [4.78, 5) is 14.8. The van der Waals surface area contributed by atoms with E-state index in [0.717, 1.165) is 16.7 Å². The van der Waals surface area contributed by atoms with Gasteiger partial charge in [-0.25, -0.2) is 4.98 Å². The fraction of sp³-hybridized carbons (Fsp3) is 0.273. The van der Waals surface area contributed by atoms with E-state index in [4.69, 9.17) is 10.8 Å². The normalized spacial score (nSPS) is 12.6. The molecule has 2 aromatic rings. The molecule has 0 radical (unpaired) electrons. The van der Waals surface area contributed by atoms with Gasteiger partial charge in [-0.2, -0.15) is 0 Å². The Labute approximate surface area is 98.1 Å². The second-order valence-corrected chi connectivity index (χ2v) is 3.88. The predicted octanol–water partition coefficient (Wildman–Crippen LogP) is 0.397. The van der Waals surface area contributed by atoms with Crippen LogP contribution in [-0.4, -0.2) is 33.2 Å². The maximum Gasteiger partial charge on any atom is 0.322 e. The summed E-state index contributed by atoms with van der Waals surface area (Å²) in [5, 5.41) is 11.6. The van der Waals surface area contributed by atoms with Crippen molar-refractivity contribution in [1.82, 2.24) is 9.55 Å². The van der Waals surface area contributed by atoms with Crippen LogP contribution in [0.25, 0.3) is 11.0 Å². The number of aryl methyl sites for hydroxylation is 1. The number of anilines is 1. The van der Waals surface area contributed by atoms with Crippen molar-refractivity contribution in [3.05, 3.63) is 24.5 Å². The first-order valence-electron chi connectivity index (χ1n) is 5.21. The minimum atomic E-state index is -1.02. The summed E-state index contributed by atoms with van der Waals surface area (Å²) >= 11 is 0. The van der Waals surface area contributed by atoms with Crippen molar-refractivity contribution < 1.29 is 9.90 Å². The van der Waals surface area contributed by atoms with Crippen LogP contribution in [0.3, 0.4) is 0 Å². The van der Waals surface area contributed by atoms with Crippen LogP contribution in [0, 0.1) is 0 Å². The van der Waals surface area contributed by atoms with Gasteiger partial charge >= 0.3 is 5.97 Å². The van der Waals surface area contributed by atoms with E-state index >= 15 is 0 Å². The van der Waals surface area contributed by atoms with Gasteiger partial charge in [-0.15, -0.1) is 0 Å². The largest absolute Gasteiger partial charge is 0.480 e. The number of aromatic nitrogens is 2. The SMILES string of the molecule is Cn1cnc2cc(NCC(N)C(=O)O)ccc21. The molecule has 0 fully saturated rings. The van der Waals surface area contributed by atoms with E-state index in [1.807, 2.05) is 29.8 Å². The molecule has 0 saturated carbocycles. The Balaban J connectivity index is 2.12. The molecule has 0 amide bonds. The Morgan fingerprint density at radius 1 is 1.65 bits per heavy atom. The monoisotopic (exact) mass is 234 g/mol. The number of aliphatic carboxylic acids is 1. The van der Waals surface area contributed by atoms with Crippen molar-refractivity contribution in [3.8, 4) is 0 Å². The molecule has 0 aliphatic rings.